The van der Waals surface area contributed by atoms with E-state index in [1.54, 1.807) is 18.5 Å². The summed E-state index contributed by atoms with van der Waals surface area (Å²) >= 11 is 0. The summed E-state index contributed by atoms with van der Waals surface area (Å²) in [5, 5.41) is 13.9. The van der Waals surface area contributed by atoms with Gasteiger partial charge in [0.1, 0.15) is 24.0 Å². The van der Waals surface area contributed by atoms with Crippen LogP contribution in [0.4, 0.5) is 13.2 Å². The SMILES string of the molecule is N#Cc1cnn2c(C3CCCCC3)c(-c3ccc(OCc4cccc(C(F)(F)F)c4)cc3)cnc12. The van der Waals surface area contributed by atoms with E-state index in [1.165, 1.54) is 12.5 Å². The number of aromatic nitrogens is 3. The highest BCUT2D eigenvalue weighted by molar-refractivity contribution is 5.69. The minimum absolute atomic E-state index is 0.0360. The average molecular weight is 477 g/mol. The molecule has 178 valence electrons. The summed E-state index contributed by atoms with van der Waals surface area (Å²) in [7, 11) is 0. The third-order valence-corrected chi connectivity index (χ3v) is 6.50. The summed E-state index contributed by atoms with van der Waals surface area (Å²) in [5.41, 5.74) is 3.75. The van der Waals surface area contributed by atoms with Gasteiger partial charge in [-0.25, -0.2) is 9.50 Å². The maximum atomic E-state index is 13.0. The molecular weight excluding hydrogens is 453 g/mol. The van der Waals surface area contributed by atoms with Crippen LogP contribution in [0.15, 0.2) is 60.9 Å². The van der Waals surface area contributed by atoms with Crippen LogP contribution in [0.2, 0.25) is 0 Å². The number of rotatable bonds is 5. The van der Waals surface area contributed by atoms with Crippen molar-refractivity contribution in [3.63, 3.8) is 0 Å². The molecule has 2 aromatic heterocycles. The van der Waals surface area contributed by atoms with E-state index in [0.717, 1.165) is 54.6 Å². The van der Waals surface area contributed by atoms with Gasteiger partial charge in [0, 0.05) is 17.7 Å². The van der Waals surface area contributed by atoms with E-state index in [0.29, 0.717) is 28.4 Å². The third kappa shape index (κ3) is 4.72. The van der Waals surface area contributed by atoms with E-state index in [4.69, 9.17) is 4.74 Å². The van der Waals surface area contributed by atoms with Gasteiger partial charge in [-0.2, -0.15) is 23.5 Å². The lowest BCUT2D eigenvalue weighted by Crippen LogP contribution is -2.12. The van der Waals surface area contributed by atoms with Crippen molar-refractivity contribution in [2.45, 2.75) is 50.8 Å². The first kappa shape index (κ1) is 22.9. The van der Waals surface area contributed by atoms with E-state index in [2.05, 4.69) is 16.2 Å². The second-order valence-corrected chi connectivity index (χ2v) is 8.81. The van der Waals surface area contributed by atoms with Crippen LogP contribution in [-0.4, -0.2) is 14.6 Å². The fourth-order valence-corrected chi connectivity index (χ4v) is 4.75. The molecule has 0 saturated heterocycles. The lowest BCUT2D eigenvalue weighted by atomic mass is 9.84. The molecule has 2 aromatic carbocycles. The van der Waals surface area contributed by atoms with Crippen LogP contribution in [0.25, 0.3) is 16.8 Å². The van der Waals surface area contributed by atoms with Gasteiger partial charge in [-0.05, 0) is 48.2 Å². The number of nitriles is 1. The zero-order valence-electron chi connectivity index (χ0n) is 18.9. The number of hydrogen-bond donors (Lipinski definition) is 0. The largest absolute Gasteiger partial charge is 0.489 e. The van der Waals surface area contributed by atoms with Crippen molar-refractivity contribution in [1.29, 1.82) is 5.26 Å². The molecule has 0 N–H and O–H groups in total. The molecule has 1 saturated carbocycles. The molecule has 0 atom stereocenters. The fourth-order valence-electron chi connectivity index (χ4n) is 4.75. The molecule has 0 bridgehead atoms. The van der Waals surface area contributed by atoms with Gasteiger partial charge in [0.05, 0.1) is 17.5 Å². The van der Waals surface area contributed by atoms with Crippen LogP contribution in [0.5, 0.6) is 5.75 Å². The Bertz CT molecular complexity index is 1380. The number of halogens is 3. The summed E-state index contributed by atoms with van der Waals surface area (Å²) in [5.74, 6) is 0.887. The van der Waals surface area contributed by atoms with Crippen LogP contribution in [-0.2, 0) is 12.8 Å². The molecule has 0 amide bonds. The van der Waals surface area contributed by atoms with E-state index in [9.17, 15) is 18.4 Å². The number of nitrogens with zero attached hydrogens (tertiary/aromatic N) is 4. The van der Waals surface area contributed by atoms with Crippen molar-refractivity contribution >= 4 is 5.65 Å². The van der Waals surface area contributed by atoms with Gasteiger partial charge in [0.15, 0.2) is 5.65 Å². The molecule has 1 aliphatic carbocycles. The first-order chi connectivity index (χ1) is 16.9. The van der Waals surface area contributed by atoms with E-state index >= 15 is 0 Å². The number of fused-ring (bicyclic) bond motifs is 1. The van der Waals surface area contributed by atoms with Gasteiger partial charge >= 0.3 is 6.18 Å². The van der Waals surface area contributed by atoms with E-state index < -0.39 is 11.7 Å². The van der Waals surface area contributed by atoms with Crippen LogP contribution in [0.3, 0.4) is 0 Å². The molecular formula is C27H23F3N4O. The molecule has 0 radical (unpaired) electrons. The Morgan fingerprint density at radius 2 is 1.80 bits per heavy atom. The van der Waals surface area contributed by atoms with Crippen molar-refractivity contribution in [2.24, 2.45) is 0 Å². The Kier molecular flexibility index (Phi) is 6.16. The van der Waals surface area contributed by atoms with Crippen LogP contribution >= 0.6 is 0 Å². The normalized spacial score (nSPS) is 14.7. The quantitative estimate of drug-likeness (QED) is 0.314. The Labute approximate surface area is 200 Å². The summed E-state index contributed by atoms with van der Waals surface area (Å²) in [6.07, 6.45) is 4.64. The standard InChI is InChI=1S/C27H23F3N4O/c28-27(29,30)22-8-4-5-18(13-22)17-35-23-11-9-19(10-12-23)24-16-32-26-21(14-31)15-33-34(26)25(24)20-6-2-1-3-7-20/h4-5,8-13,15-16,20H,1-3,6-7,17H2. The molecule has 1 aliphatic rings. The summed E-state index contributed by atoms with van der Waals surface area (Å²) in [6.45, 7) is 0.0360. The Morgan fingerprint density at radius 1 is 1.03 bits per heavy atom. The Hall–Kier alpha value is -3.86. The molecule has 5 rings (SSSR count). The van der Waals surface area contributed by atoms with Gasteiger partial charge in [0.25, 0.3) is 0 Å². The molecule has 2 heterocycles. The summed E-state index contributed by atoms with van der Waals surface area (Å²) < 4.78 is 46.4. The second kappa shape index (κ2) is 9.41. The molecule has 1 fully saturated rings. The van der Waals surface area contributed by atoms with Crippen molar-refractivity contribution in [2.75, 3.05) is 0 Å². The van der Waals surface area contributed by atoms with Gasteiger partial charge in [-0.3, -0.25) is 0 Å². The Balaban J connectivity index is 1.41. The van der Waals surface area contributed by atoms with Crippen LogP contribution in [0, 0.1) is 11.3 Å². The van der Waals surface area contributed by atoms with Gasteiger partial charge in [0.2, 0.25) is 0 Å². The average Bonchev–Trinajstić information content (AvgIpc) is 3.31. The van der Waals surface area contributed by atoms with Gasteiger partial charge < -0.3 is 4.74 Å². The fraction of sp³-hybridized carbons (Fsp3) is 0.296. The molecule has 5 nitrogen and oxygen atoms in total. The predicted octanol–water partition coefficient (Wildman–Crippen LogP) is 6.91. The molecule has 0 aliphatic heterocycles. The maximum absolute atomic E-state index is 13.0. The molecule has 8 heteroatoms. The van der Waals surface area contributed by atoms with Crippen molar-refractivity contribution in [3.05, 3.63) is 83.3 Å². The monoisotopic (exact) mass is 476 g/mol. The topological polar surface area (TPSA) is 63.2 Å². The molecule has 0 unspecified atom stereocenters. The number of benzene rings is 2. The Morgan fingerprint density at radius 3 is 2.51 bits per heavy atom. The molecule has 35 heavy (non-hydrogen) atoms. The smallest absolute Gasteiger partial charge is 0.416 e. The van der Waals surface area contributed by atoms with E-state index in [1.807, 2.05) is 28.8 Å². The number of hydrogen-bond acceptors (Lipinski definition) is 4. The van der Waals surface area contributed by atoms with Gasteiger partial charge in [-0.15, -0.1) is 0 Å². The van der Waals surface area contributed by atoms with Crippen molar-refractivity contribution in [3.8, 4) is 22.9 Å². The highest BCUT2D eigenvalue weighted by Crippen LogP contribution is 2.38. The minimum Gasteiger partial charge on any atom is -0.489 e. The van der Waals surface area contributed by atoms with E-state index in [-0.39, 0.29) is 6.61 Å². The summed E-state index contributed by atoms with van der Waals surface area (Å²) in [6, 6.07) is 14.8. The lowest BCUT2D eigenvalue weighted by Gasteiger charge is -2.25. The minimum atomic E-state index is -4.38. The molecule has 4 aromatic rings. The lowest BCUT2D eigenvalue weighted by molar-refractivity contribution is -0.137. The number of ether oxygens (including phenoxy) is 1. The van der Waals surface area contributed by atoms with Gasteiger partial charge in [-0.1, -0.05) is 43.5 Å². The second-order valence-electron chi connectivity index (χ2n) is 8.81. The molecule has 0 spiro atoms. The highest BCUT2D eigenvalue weighted by Gasteiger charge is 2.30. The van der Waals surface area contributed by atoms with Crippen molar-refractivity contribution in [1.82, 2.24) is 14.6 Å². The zero-order valence-corrected chi connectivity index (χ0v) is 18.9. The number of alkyl halides is 3. The first-order valence-electron chi connectivity index (χ1n) is 11.6. The predicted molar refractivity (Wildman–Crippen MR) is 125 cm³/mol. The third-order valence-electron chi connectivity index (χ3n) is 6.50. The van der Waals surface area contributed by atoms with Crippen LogP contribution < -0.4 is 4.74 Å². The first-order valence-corrected chi connectivity index (χ1v) is 11.6. The highest BCUT2D eigenvalue weighted by atomic mass is 19.4. The summed E-state index contributed by atoms with van der Waals surface area (Å²) in [4.78, 5) is 4.53. The maximum Gasteiger partial charge on any atom is 0.416 e. The van der Waals surface area contributed by atoms with Crippen LogP contribution in [0.1, 0.15) is 60.4 Å². The zero-order chi connectivity index (χ0) is 24.4. The van der Waals surface area contributed by atoms with Crippen molar-refractivity contribution < 1.29 is 17.9 Å².